The lowest BCUT2D eigenvalue weighted by Gasteiger charge is -2.17. The molecule has 18 heavy (non-hydrogen) atoms. The topological polar surface area (TPSA) is 60.2 Å². The fourth-order valence-corrected chi connectivity index (χ4v) is 2.18. The van der Waals surface area contributed by atoms with Gasteiger partial charge in [-0.1, -0.05) is 6.07 Å². The van der Waals surface area contributed by atoms with Crippen molar-refractivity contribution in [2.24, 2.45) is 0 Å². The van der Waals surface area contributed by atoms with Crippen LogP contribution in [0.15, 0.2) is 35.1 Å². The Kier molecular flexibility index (Phi) is 2.98. The minimum atomic E-state index is 0.247. The third kappa shape index (κ3) is 2.22. The van der Waals surface area contributed by atoms with Crippen LogP contribution in [0.4, 0.5) is 5.69 Å². The number of nitrogens with one attached hydrogen (secondary N) is 1. The van der Waals surface area contributed by atoms with E-state index in [9.17, 15) is 0 Å². The van der Waals surface area contributed by atoms with Gasteiger partial charge in [-0.05, 0) is 31.5 Å². The van der Waals surface area contributed by atoms with Crippen molar-refractivity contribution in [3.8, 4) is 11.5 Å². The number of anilines is 1. The minimum Gasteiger partial charge on any atom is -0.423 e. The highest BCUT2D eigenvalue weighted by Crippen LogP contribution is 2.23. The molecule has 2 unspecified atom stereocenters. The normalized spacial score (nSPS) is 23.2. The second kappa shape index (κ2) is 4.78. The van der Waals surface area contributed by atoms with Crippen molar-refractivity contribution in [3.63, 3.8) is 0 Å². The molecule has 0 spiro atoms. The average Bonchev–Trinajstić information content (AvgIpc) is 3.02. The van der Waals surface area contributed by atoms with Gasteiger partial charge in [-0.2, -0.15) is 0 Å². The van der Waals surface area contributed by atoms with E-state index in [1.54, 1.807) is 0 Å². The van der Waals surface area contributed by atoms with Crippen LogP contribution in [0.2, 0.25) is 0 Å². The van der Waals surface area contributed by atoms with Crippen LogP contribution in [0.1, 0.15) is 13.3 Å². The van der Waals surface area contributed by atoms with Crippen molar-refractivity contribution >= 4 is 5.69 Å². The molecule has 0 aliphatic carbocycles. The summed E-state index contributed by atoms with van der Waals surface area (Å²) in [6, 6.07) is 8.34. The third-order valence-electron chi connectivity index (χ3n) is 3.20. The van der Waals surface area contributed by atoms with Gasteiger partial charge in [0.1, 0.15) is 0 Å². The first-order valence-corrected chi connectivity index (χ1v) is 6.07. The van der Waals surface area contributed by atoms with E-state index in [1.165, 1.54) is 6.39 Å². The Balaban J connectivity index is 1.79. The molecule has 2 aromatic rings. The first kappa shape index (κ1) is 11.2. The second-order valence-corrected chi connectivity index (χ2v) is 4.44. The van der Waals surface area contributed by atoms with Crippen molar-refractivity contribution in [2.45, 2.75) is 25.5 Å². The number of aromatic nitrogens is 2. The molecule has 94 valence electrons. The molecule has 1 aliphatic heterocycles. The highest BCUT2D eigenvalue weighted by molar-refractivity contribution is 5.61. The predicted molar refractivity (Wildman–Crippen MR) is 67.2 cm³/mol. The molecule has 1 N–H and O–H groups in total. The van der Waals surface area contributed by atoms with Gasteiger partial charge in [0.05, 0.1) is 12.1 Å². The zero-order valence-electron chi connectivity index (χ0n) is 10.2. The molecule has 0 bridgehead atoms. The van der Waals surface area contributed by atoms with E-state index < -0.39 is 0 Å². The van der Waals surface area contributed by atoms with E-state index in [0.717, 1.165) is 24.3 Å². The summed E-state index contributed by atoms with van der Waals surface area (Å²) in [4.78, 5) is 0. The van der Waals surface area contributed by atoms with Crippen molar-refractivity contribution < 1.29 is 9.15 Å². The number of ether oxygens (including phenoxy) is 1. The Morgan fingerprint density at radius 1 is 1.39 bits per heavy atom. The summed E-state index contributed by atoms with van der Waals surface area (Å²) in [5.74, 6) is 0.536. The molecular weight excluding hydrogens is 230 g/mol. The van der Waals surface area contributed by atoms with Crippen LogP contribution in [0.25, 0.3) is 11.5 Å². The summed E-state index contributed by atoms with van der Waals surface area (Å²) in [6.07, 6.45) is 2.62. The first-order chi connectivity index (χ1) is 8.83. The minimum absolute atomic E-state index is 0.247. The van der Waals surface area contributed by atoms with E-state index in [2.05, 4.69) is 22.4 Å². The molecule has 2 atom stereocenters. The lowest BCUT2D eigenvalue weighted by Crippen LogP contribution is -2.26. The quantitative estimate of drug-likeness (QED) is 0.899. The molecule has 3 rings (SSSR count). The summed E-state index contributed by atoms with van der Waals surface area (Å²) in [5.41, 5.74) is 1.97. The van der Waals surface area contributed by atoms with Gasteiger partial charge in [-0.3, -0.25) is 0 Å². The standard InChI is InChI=1S/C13H15N3O2/c1-9-12(5-6-17-9)15-11-4-2-3-10(7-11)13-16-14-8-18-13/h2-4,7-9,12,15H,5-6H2,1H3. The fraction of sp³-hybridized carbons (Fsp3) is 0.385. The molecular formula is C13H15N3O2. The fourth-order valence-electron chi connectivity index (χ4n) is 2.18. The van der Waals surface area contributed by atoms with Crippen LogP contribution in [-0.2, 0) is 4.74 Å². The first-order valence-electron chi connectivity index (χ1n) is 6.07. The van der Waals surface area contributed by atoms with Crippen LogP contribution in [0, 0.1) is 0 Å². The number of hydrogen-bond acceptors (Lipinski definition) is 5. The van der Waals surface area contributed by atoms with Gasteiger partial charge in [0.2, 0.25) is 12.3 Å². The van der Waals surface area contributed by atoms with Crippen LogP contribution in [0.3, 0.4) is 0 Å². The lowest BCUT2D eigenvalue weighted by atomic mass is 10.1. The molecule has 1 aliphatic rings. The maximum atomic E-state index is 5.54. The van der Waals surface area contributed by atoms with Gasteiger partial charge in [-0.25, -0.2) is 0 Å². The highest BCUT2D eigenvalue weighted by Gasteiger charge is 2.23. The van der Waals surface area contributed by atoms with Crippen LogP contribution < -0.4 is 5.32 Å². The summed E-state index contributed by atoms with van der Waals surface area (Å²) in [5, 5.41) is 11.1. The van der Waals surface area contributed by atoms with E-state index in [-0.39, 0.29) is 6.10 Å². The number of nitrogens with zero attached hydrogens (tertiary/aromatic N) is 2. The maximum absolute atomic E-state index is 5.54. The molecule has 1 saturated heterocycles. The van der Waals surface area contributed by atoms with E-state index in [0.29, 0.717) is 11.9 Å². The number of benzene rings is 1. The van der Waals surface area contributed by atoms with Crippen LogP contribution >= 0.6 is 0 Å². The Hall–Kier alpha value is -1.88. The molecule has 1 aromatic carbocycles. The van der Waals surface area contributed by atoms with Gasteiger partial charge in [0.25, 0.3) is 0 Å². The largest absolute Gasteiger partial charge is 0.423 e. The van der Waals surface area contributed by atoms with Gasteiger partial charge in [0.15, 0.2) is 0 Å². The van der Waals surface area contributed by atoms with Gasteiger partial charge >= 0.3 is 0 Å². The third-order valence-corrected chi connectivity index (χ3v) is 3.20. The Bertz CT molecular complexity index is 513. The van der Waals surface area contributed by atoms with Crippen molar-refractivity contribution in [3.05, 3.63) is 30.7 Å². The summed E-state index contributed by atoms with van der Waals surface area (Å²) in [7, 11) is 0. The number of hydrogen-bond donors (Lipinski definition) is 1. The lowest BCUT2D eigenvalue weighted by molar-refractivity contribution is 0.121. The van der Waals surface area contributed by atoms with Gasteiger partial charge in [0, 0.05) is 17.9 Å². The Morgan fingerprint density at radius 3 is 3.06 bits per heavy atom. The second-order valence-electron chi connectivity index (χ2n) is 4.44. The molecule has 5 heteroatoms. The maximum Gasteiger partial charge on any atom is 0.247 e. The summed E-state index contributed by atoms with van der Waals surface area (Å²) in [6.45, 7) is 2.91. The number of rotatable bonds is 3. The smallest absolute Gasteiger partial charge is 0.247 e. The van der Waals surface area contributed by atoms with Crippen LogP contribution in [-0.4, -0.2) is 29.0 Å². The van der Waals surface area contributed by atoms with E-state index in [4.69, 9.17) is 9.15 Å². The molecule has 1 fully saturated rings. The molecule has 1 aromatic heterocycles. The zero-order valence-corrected chi connectivity index (χ0v) is 10.2. The van der Waals surface area contributed by atoms with Crippen molar-refractivity contribution in [1.29, 1.82) is 0 Å². The Labute approximate surface area is 105 Å². The summed E-state index contributed by atoms with van der Waals surface area (Å²) < 4.78 is 10.7. The molecule has 5 nitrogen and oxygen atoms in total. The zero-order chi connectivity index (χ0) is 12.4. The van der Waals surface area contributed by atoms with Gasteiger partial charge in [-0.15, -0.1) is 10.2 Å². The Morgan fingerprint density at radius 2 is 2.33 bits per heavy atom. The van der Waals surface area contributed by atoms with Crippen LogP contribution in [0.5, 0.6) is 0 Å². The summed E-state index contributed by atoms with van der Waals surface area (Å²) >= 11 is 0. The van der Waals surface area contributed by atoms with Crippen molar-refractivity contribution in [1.82, 2.24) is 10.2 Å². The van der Waals surface area contributed by atoms with Crippen molar-refractivity contribution in [2.75, 3.05) is 11.9 Å². The van der Waals surface area contributed by atoms with E-state index >= 15 is 0 Å². The molecule has 0 amide bonds. The molecule has 2 heterocycles. The average molecular weight is 245 g/mol. The molecule has 0 saturated carbocycles. The van der Waals surface area contributed by atoms with Gasteiger partial charge < -0.3 is 14.5 Å². The molecule has 0 radical (unpaired) electrons. The highest BCUT2D eigenvalue weighted by atomic mass is 16.5. The monoisotopic (exact) mass is 245 g/mol. The SMILES string of the molecule is CC1OCCC1Nc1cccc(-c2nnco2)c1. The predicted octanol–water partition coefficient (Wildman–Crippen LogP) is 2.33. The van der Waals surface area contributed by atoms with E-state index in [1.807, 2.05) is 24.3 Å².